The highest BCUT2D eigenvalue weighted by atomic mass is 16.1. The van der Waals surface area contributed by atoms with E-state index in [4.69, 9.17) is 0 Å². The standard InChI is InChI=1S/C20H26N4O/c1-14(2)16-4-6-18(7-5-16)23-19(25)17-9-12-24(13-10-17)20-21-11-8-15(3)22-20/h4-8,11,14,17H,9-10,12-13H2,1-3H3,(H,23,25). The van der Waals surface area contributed by atoms with Crippen molar-refractivity contribution < 1.29 is 4.79 Å². The van der Waals surface area contributed by atoms with Crippen LogP contribution in [0.3, 0.4) is 0 Å². The van der Waals surface area contributed by atoms with Crippen LogP contribution in [0.5, 0.6) is 0 Å². The molecule has 2 heterocycles. The number of carbonyl (C=O) groups is 1. The highest BCUT2D eigenvalue weighted by Crippen LogP contribution is 2.23. The van der Waals surface area contributed by atoms with Crippen LogP contribution in [0.1, 0.15) is 43.9 Å². The predicted molar refractivity (Wildman–Crippen MR) is 101 cm³/mol. The van der Waals surface area contributed by atoms with Gasteiger partial charge in [0.15, 0.2) is 0 Å². The summed E-state index contributed by atoms with van der Waals surface area (Å²) in [6, 6.07) is 10.0. The third-order valence-corrected chi connectivity index (χ3v) is 4.78. The molecule has 0 atom stereocenters. The molecule has 1 aromatic heterocycles. The van der Waals surface area contributed by atoms with Crippen molar-refractivity contribution >= 4 is 17.5 Å². The molecule has 0 bridgehead atoms. The fraction of sp³-hybridized carbons (Fsp3) is 0.450. The monoisotopic (exact) mass is 338 g/mol. The Balaban J connectivity index is 1.54. The second-order valence-corrected chi connectivity index (χ2v) is 7.03. The third-order valence-electron chi connectivity index (χ3n) is 4.78. The second-order valence-electron chi connectivity index (χ2n) is 7.03. The zero-order chi connectivity index (χ0) is 17.8. The molecule has 0 spiro atoms. The molecule has 0 saturated carbocycles. The average Bonchev–Trinajstić information content (AvgIpc) is 2.62. The molecule has 0 aliphatic carbocycles. The molecule has 132 valence electrons. The Morgan fingerprint density at radius 2 is 1.84 bits per heavy atom. The number of piperidine rings is 1. The van der Waals surface area contributed by atoms with Crippen LogP contribution in [-0.2, 0) is 4.79 Å². The lowest BCUT2D eigenvalue weighted by atomic mass is 9.96. The van der Waals surface area contributed by atoms with Crippen LogP contribution in [0.2, 0.25) is 0 Å². The van der Waals surface area contributed by atoms with Gasteiger partial charge in [-0.2, -0.15) is 0 Å². The first-order valence-corrected chi connectivity index (χ1v) is 8.98. The number of benzene rings is 1. The highest BCUT2D eigenvalue weighted by molar-refractivity contribution is 5.92. The first-order valence-electron chi connectivity index (χ1n) is 8.98. The summed E-state index contributed by atoms with van der Waals surface area (Å²) in [5, 5.41) is 3.05. The molecule has 1 aromatic carbocycles. The maximum absolute atomic E-state index is 12.5. The van der Waals surface area contributed by atoms with Crippen LogP contribution < -0.4 is 10.2 Å². The Morgan fingerprint density at radius 1 is 1.16 bits per heavy atom. The van der Waals surface area contributed by atoms with Gasteiger partial charge in [-0.25, -0.2) is 9.97 Å². The smallest absolute Gasteiger partial charge is 0.227 e. The number of nitrogens with zero attached hydrogens (tertiary/aromatic N) is 3. The van der Waals surface area contributed by atoms with Crippen LogP contribution >= 0.6 is 0 Å². The van der Waals surface area contributed by atoms with Crippen molar-refractivity contribution in [3.8, 4) is 0 Å². The SMILES string of the molecule is Cc1ccnc(N2CCC(C(=O)Nc3ccc(C(C)C)cc3)CC2)n1. The highest BCUT2D eigenvalue weighted by Gasteiger charge is 2.26. The van der Waals surface area contributed by atoms with Crippen LogP contribution in [0.15, 0.2) is 36.5 Å². The van der Waals surface area contributed by atoms with E-state index in [1.54, 1.807) is 6.20 Å². The third kappa shape index (κ3) is 4.35. The minimum absolute atomic E-state index is 0.0471. The molecule has 1 N–H and O–H groups in total. The molecule has 1 amide bonds. The summed E-state index contributed by atoms with van der Waals surface area (Å²) in [7, 11) is 0. The molecule has 5 nitrogen and oxygen atoms in total. The van der Waals surface area contributed by atoms with Crippen molar-refractivity contribution in [3.05, 3.63) is 47.8 Å². The number of nitrogens with one attached hydrogen (secondary N) is 1. The predicted octanol–water partition coefficient (Wildman–Crippen LogP) is 3.76. The number of carbonyl (C=O) groups excluding carboxylic acids is 1. The normalized spacial score (nSPS) is 15.4. The summed E-state index contributed by atoms with van der Waals surface area (Å²) in [5.74, 6) is 1.42. The van der Waals surface area contributed by atoms with Crippen LogP contribution in [0, 0.1) is 12.8 Å². The molecule has 1 fully saturated rings. The number of aromatic nitrogens is 2. The lowest BCUT2D eigenvalue weighted by Crippen LogP contribution is -2.39. The van der Waals surface area contributed by atoms with Crippen molar-refractivity contribution in [2.75, 3.05) is 23.3 Å². The minimum Gasteiger partial charge on any atom is -0.341 e. The van der Waals surface area contributed by atoms with E-state index < -0.39 is 0 Å². The second kappa shape index (κ2) is 7.64. The number of aryl methyl sites for hydroxylation is 1. The van der Waals surface area contributed by atoms with E-state index in [2.05, 4.69) is 46.2 Å². The van der Waals surface area contributed by atoms with E-state index in [1.165, 1.54) is 5.56 Å². The van der Waals surface area contributed by atoms with E-state index in [1.807, 2.05) is 25.1 Å². The van der Waals surface area contributed by atoms with Crippen molar-refractivity contribution in [3.63, 3.8) is 0 Å². The summed E-state index contributed by atoms with van der Waals surface area (Å²) >= 11 is 0. The van der Waals surface area contributed by atoms with Crippen molar-refractivity contribution in [1.82, 2.24) is 9.97 Å². The Labute approximate surface area is 149 Å². The first kappa shape index (κ1) is 17.4. The van der Waals surface area contributed by atoms with E-state index in [-0.39, 0.29) is 11.8 Å². The summed E-state index contributed by atoms with van der Waals surface area (Å²) in [6.45, 7) is 7.93. The molecular weight excluding hydrogens is 312 g/mol. The van der Waals surface area contributed by atoms with Crippen LogP contribution in [-0.4, -0.2) is 29.0 Å². The van der Waals surface area contributed by atoms with E-state index >= 15 is 0 Å². The fourth-order valence-electron chi connectivity index (χ4n) is 3.13. The van der Waals surface area contributed by atoms with Gasteiger partial charge in [0.05, 0.1) is 0 Å². The maximum Gasteiger partial charge on any atom is 0.227 e. The Hall–Kier alpha value is -2.43. The summed E-state index contributed by atoms with van der Waals surface area (Å²) in [5.41, 5.74) is 3.12. The molecule has 1 aliphatic heterocycles. The first-order chi connectivity index (χ1) is 12.0. The van der Waals surface area contributed by atoms with Gasteiger partial charge in [-0.05, 0) is 49.4 Å². The van der Waals surface area contributed by atoms with E-state index in [9.17, 15) is 4.79 Å². The van der Waals surface area contributed by atoms with Gasteiger partial charge in [0.1, 0.15) is 0 Å². The fourth-order valence-corrected chi connectivity index (χ4v) is 3.13. The molecule has 1 aliphatic rings. The molecule has 3 rings (SSSR count). The molecule has 5 heteroatoms. The van der Waals surface area contributed by atoms with Crippen molar-refractivity contribution in [2.24, 2.45) is 5.92 Å². The van der Waals surface area contributed by atoms with E-state index in [0.29, 0.717) is 5.92 Å². The molecule has 1 saturated heterocycles. The average molecular weight is 338 g/mol. The maximum atomic E-state index is 12.5. The molecule has 0 radical (unpaired) electrons. The van der Waals surface area contributed by atoms with Gasteiger partial charge in [-0.1, -0.05) is 26.0 Å². The van der Waals surface area contributed by atoms with Crippen molar-refractivity contribution in [2.45, 2.75) is 39.5 Å². The topological polar surface area (TPSA) is 58.1 Å². The summed E-state index contributed by atoms with van der Waals surface area (Å²) < 4.78 is 0. The van der Waals surface area contributed by atoms with Gasteiger partial charge >= 0.3 is 0 Å². The lowest BCUT2D eigenvalue weighted by Gasteiger charge is -2.31. The van der Waals surface area contributed by atoms with Crippen LogP contribution in [0.4, 0.5) is 11.6 Å². The van der Waals surface area contributed by atoms with Gasteiger partial charge in [0, 0.05) is 36.6 Å². The molecule has 25 heavy (non-hydrogen) atoms. The number of hydrogen-bond donors (Lipinski definition) is 1. The number of hydrogen-bond acceptors (Lipinski definition) is 4. The van der Waals surface area contributed by atoms with Gasteiger partial charge in [-0.3, -0.25) is 4.79 Å². The number of rotatable bonds is 4. The van der Waals surface area contributed by atoms with Gasteiger partial charge < -0.3 is 10.2 Å². The van der Waals surface area contributed by atoms with E-state index in [0.717, 1.165) is 43.3 Å². The Morgan fingerprint density at radius 3 is 2.44 bits per heavy atom. The zero-order valence-electron chi connectivity index (χ0n) is 15.2. The quantitative estimate of drug-likeness (QED) is 0.922. The molecular formula is C20H26N4O. The zero-order valence-corrected chi connectivity index (χ0v) is 15.2. The van der Waals surface area contributed by atoms with Crippen LogP contribution in [0.25, 0.3) is 0 Å². The lowest BCUT2D eigenvalue weighted by molar-refractivity contribution is -0.120. The number of anilines is 2. The number of amides is 1. The molecule has 0 unspecified atom stereocenters. The Bertz CT molecular complexity index is 719. The van der Waals surface area contributed by atoms with Gasteiger partial charge in [-0.15, -0.1) is 0 Å². The molecule has 2 aromatic rings. The summed E-state index contributed by atoms with van der Waals surface area (Å²) in [6.07, 6.45) is 3.44. The minimum atomic E-state index is 0.0471. The Kier molecular flexibility index (Phi) is 5.31. The van der Waals surface area contributed by atoms with Gasteiger partial charge in [0.2, 0.25) is 11.9 Å². The summed E-state index contributed by atoms with van der Waals surface area (Å²) in [4.78, 5) is 23.5. The largest absolute Gasteiger partial charge is 0.341 e. The van der Waals surface area contributed by atoms with Crippen molar-refractivity contribution in [1.29, 1.82) is 0 Å². The van der Waals surface area contributed by atoms with Gasteiger partial charge in [0.25, 0.3) is 0 Å².